The molecule has 0 atom stereocenters. The van der Waals surface area contributed by atoms with Crippen LogP contribution in [0.4, 0.5) is 5.69 Å². The summed E-state index contributed by atoms with van der Waals surface area (Å²) in [4.78, 5) is 4.79. The third kappa shape index (κ3) is 2.15. The van der Waals surface area contributed by atoms with E-state index < -0.39 is 0 Å². The van der Waals surface area contributed by atoms with Gasteiger partial charge in [0.2, 0.25) is 0 Å². The van der Waals surface area contributed by atoms with E-state index >= 15 is 0 Å². The molecule has 2 N–H and O–H groups in total. The number of hydrogen-bond acceptors (Lipinski definition) is 3. The Hall–Kier alpha value is -1.71. The highest BCUT2D eigenvalue weighted by atomic mass is 15.6. The van der Waals surface area contributed by atoms with Crippen molar-refractivity contribution in [1.29, 1.82) is 0 Å². The van der Waals surface area contributed by atoms with Crippen molar-refractivity contribution in [1.82, 2.24) is 9.66 Å². The molecule has 0 aliphatic carbocycles. The van der Waals surface area contributed by atoms with Gasteiger partial charge in [-0.1, -0.05) is 13.8 Å². The molecule has 0 radical (unpaired) electrons. The Balaban J connectivity index is 2.15. The van der Waals surface area contributed by atoms with Gasteiger partial charge in [0.05, 0.1) is 11.0 Å². The van der Waals surface area contributed by atoms with E-state index in [9.17, 15) is 0 Å². The van der Waals surface area contributed by atoms with Crippen molar-refractivity contribution in [2.75, 3.05) is 23.8 Å². The summed E-state index contributed by atoms with van der Waals surface area (Å²) in [6.07, 6.45) is 3.88. The number of piperidine rings is 1. The summed E-state index contributed by atoms with van der Waals surface area (Å²) >= 11 is 0. The first kappa shape index (κ1) is 12.3. The molecular formula is C15H22N4. The third-order valence-electron chi connectivity index (χ3n) is 3.81. The molecule has 2 aromatic rings. The lowest BCUT2D eigenvalue weighted by Crippen LogP contribution is -2.40. The van der Waals surface area contributed by atoms with Crippen LogP contribution in [0, 0.1) is 0 Å². The number of benzene rings is 1. The van der Waals surface area contributed by atoms with Crippen LogP contribution in [0.3, 0.4) is 0 Å². The smallest absolute Gasteiger partial charge is 0.131 e. The minimum atomic E-state index is 0.413. The first-order valence-corrected chi connectivity index (χ1v) is 7.20. The molecule has 4 nitrogen and oxygen atoms in total. The van der Waals surface area contributed by atoms with E-state index in [0.29, 0.717) is 5.92 Å². The second kappa shape index (κ2) is 4.76. The Morgan fingerprint density at radius 2 is 1.89 bits per heavy atom. The van der Waals surface area contributed by atoms with Crippen LogP contribution in [-0.4, -0.2) is 22.7 Å². The summed E-state index contributed by atoms with van der Waals surface area (Å²) in [5.41, 5.74) is 8.85. The molecule has 102 valence electrons. The standard InChI is InChI=1S/C15H22N4/c1-11(2)15-17-13-10-12(16)6-7-14(13)19(15)18-8-4-3-5-9-18/h6-7,10-11H,3-5,8-9,16H2,1-2H3. The molecule has 1 saturated heterocycles. The topological polar surface area (TPSA) is 47.1 Å². The van der Waals surface area contributed by atoms with Crippen LogP contribution in [0.5, 0.6) is 0 Å². The maximum absolute atomic E-state index is 5.87. The molecule has 3 rings (SSSR count). The lowest BCUT2D eigenvalue weighted by Gasteiger charge is -2.32. The van der Waals surface area contributed by atoms with E-state index in [1.54, 1.807) is 0 Å². The Labute approximate surface area is 114 Å². The number of fused-ring (bicyclic) bond motifs is 1. The summed E-state index contributed by atoms with van der Waals surface area (Å²) < 4.78 is 2.32. The predicted molar refractivity (Wildman–Crippen MR) is 80.0 cm³/mol. The van der Waals surface area contributed by atoms with Gasteiger partial charge >= 0.3 is 0 Å². The van der Waals surface area contributed by atoms with Crippen LogP contribution in [0.25, 0.3) is 11.0 Å². The first-order valence-electron chi connectivity index (χ1n) is 7.20. The Morgan fingerprint density at radius 1 is 1.16 bits per heavy atom. The molecule has 1 aromatic carbocycles. The fourth-order valence-electron chi connectivity index (χ4n) is 2.85. The molecule has 0 spiro atoms. The molecule has 0 saturated carbocycles. The number of imidazole rings is 1. The first-order chi connectivity index (χ1) is 9.16. The quantitative estimate of drug-likeness (QED) is 0.843. The highest BCUT2D eigenvalue weighted by molar-refractivity contribution is 5.80. The monoisotopic (exact) mass is 258 g/mol. The number of nitrogen functional groups attached to an aromatic ring is 1. The van der Waals surface area contributed by atoms with Gasteiger partial charge < -0.3 is 10.7 Å². The maximum atomic E-state index is 5.87. The van der Waals surface area contributed by atoms with Gasteiger partial charge in [0.25, 0.3) is 0 Å². The van der Waals surface area contributed by atoms with Crippen molar-refractivity contribution in [2.45, 2.75) is 39.0 Å². The molecule has 1 fully saturated rings. The molecule has 2 heterocycles. The van der Waals surface area contributed by atoms with E-state index in [4.69, 9.17) is 10.7 Å². The number of anilines is 1. The van der Waals surface area contributed by atoms with Gasteiger partial charge in [0.15, 0.2) is 0 Å². The van der Waals surface area contributed by atoms with Gasteiger partial charge in [-0.2, -0.15) is 0 Å². The van der Waals surface area contributed by atoms with Crippen LogP contribution in [0.15, 0.2) is 18.2 Å². The largest absolute Gasteiger partial charge is 0.399 e. The van der Waals surface area contributed by atoms with Gasteiger partial charge in [-0.15, -0.1) is 0 Å². The van der Waals surface area contributed by atoms with E-state index in [-0.39, 0.29) is 0 Å². The Morgan fingerprint density at radius 3 is 2.58 bits per heavy atom. The molecule has 1 aromatic heterocycles. The molecule has 0 bridgehead atoms. The van der Waals surface area contributed by atoms with Crippen molar-refractivity contribution in [3.8, 4) is 0 Å². The van der Waals surface area contributed by atoms with Gasteiger partial charge in [-0.05, 0) is 37.5 Å². The fraction of sp³-hybridized carbons (Fsp3) is 0.533. The predicted octanol–water partition coefficient (Wildman–Crippen LogP) is 2.86. The summed E-state index contributed by atoms with van der Waals surface area (Å²) in [5.74, 6) is 1.55. The zero-order valence-corrected chi connectivity index (χ0v) is 11.8. The van der Waals surface area contributed by atoms with Crippen LogP contribution in [0.2, 0.25) is 0 Å². The lowest BCUT2D eigenvalue weighted by molar-refractivity contribution is 0.469. The zero-order valence-electron chi connectivity index (χ0n) is 11.8. The van der Waals surface area contributed by atoms with Gasteiger partial charge in [-0.3, -0.25) is 0 Å². The van der Waals surface area contributed by atoms with Crippen LogP contribution < -0.4 is 10.7 Å². The average molecular weight is 258 g/mol. The normalized spacial score (nSPS) is 16.5. The zero-order chi connectivity index (χ0) is 13.4. The molecule has 1 aliphatic rings. The van der Waals surface area contributed by atoms with Gasteiger partial charge in [-0.25, -0.2) is 9.66 Å². The van der Waals surface area contributed by atoms with Crippen molar-refractivity contribution < 1.29 is 0 Å². The van der Waals surface area contributed by atoms with E-state index in [0.717, 1.165) is 30.1 Å². The lowest BCUT2D eigenvalue weighted by atomic mass is 10.1. The minimum Gasteiger partial charge on any atom is -0.399 e. The van der Waals surface area contributed by atoms with Crippen molar-refractivity contribution in [3.63, 3.8) is 0 Å². The van der Waals surface area contributed by atoms with Crippen molar-refractivity contribution in [2.24, 2.45) is 0 Å². The van der Waals surface area contributed by atoms with Crippen LogP contribution >= 0.6 is 0 Å². The van der Waals surface area contributed by atoms with Crippen molar-refractivity contribution in [3.05, 3.63) is 24.0 Å². The summed E-state index contributed by atoms with van der Waals surface area (Å²) in [7, 11) is 0. The fourth-order valence-corrected chi connectivity index (χ4v) is 2.85. The van der Waals surface area contributed by atoms with Crippen molar-refractivity contribution >= 4 is 16.7 Å². The second-order valence-electron chi connectivity index (χ2n) is 5.70. The van der Waals surface area contributed by atoms with Gasteiger partial charge in [0.1, 0.15) is 5.82 Å². The average Bonchev–Trinajstić information content (AvgIpc) is 2.78. The number of hydrogen-bond donors (Lipinski definition) is 1. The number of rotatable bonds is 2. The minimum absolute atomic E-state index is 0.413. The maximum Gasteiger partial charge on any atom is 0.131 e. The summed E-state index contributed by atoms with van der Waals surface area (Å²) in [6.45, 7) is 6.64. The van der Waals surface area contributed by atoms with E-state index in [2.05, 4.69) is 29.6 Å². The molecule has 4 heteroatoms. The van der Waals surface area contributed by atoms with Crippen LogP contribution in [0.1, 0.15) is 44.9 Å². The number of nitrogens with two attached hydrogens (primary N) is 1. The molecule has 19 heavy (non-hydrogen) atoms. The van der Waals surface area contributed by atoms with E-state index in [1.807, 2.05) is 12.1 Å². The van der Waals surface area contributed by atoms with Crippen LogP contribution in [-0.2, 0) is 0 Å². The van der Waals surface area contributed by atoms with Gasteiger partial charge in [0, 0.05) is 24.7 Å². The SMILES string of the molecule is CC(C)c1nc2cc(N)ccc2n1N1CCCCC1. The molecule has 1 aliphatic heterocycles. The second-order valence-corrected chi connectivity index (χ2v) is 5.70. The number of nitrogens with zero attached hydrogens (tertiary/aromatic N) is 3. The summed E-state index contributed by atoms with van der Waals surface area (Å²) in [5, 5.41) is 2.43. The molecule has 0 amide bonds. The van der Waals surface area contributed by atoms with E-state index in [1.165, 1.54) is 24.8 Å². The Kier molecular flexibility index (Phi) is 3.09. The Bertz CT molecular complexity index is 579. The third-order valence-corrected chi connectivity index (χ3v) is 3.81. The summed E-state index contributed by atoms with van der Waals surface area (Å²) in [6, 6.07) is 6.04. The highest BCUT2D eigenvalue weighted by Crippen LogP contribution is 2.25. The molecule has 0 unspecified atom stereocenters. The number of aromatic nitrogens is 2. The molecular weight excluding hydrogens is 236 g/mol. The highest BCUT2D eigenvalue weighted by Gasteiger charge is 2.20.